The molecule has 0 atom stereocenters. The largest absolute Gasteiger partial charge is 0.497 e. The lowest BCUT2D eigenvalue weighted by atomic mass is 10.0. The average Bonchev–Trinajstić information content (AvgIpc) is 3.88. The molecule has 0 radical (unpaired) electrons. The summed E-state index contributed by atoms with van der Waals surface area (Å²) >= 11 is 0. The first-order valence-electron chi connectivity index (χ1n) is 21.2. The Balaban J connectivity index is 1.21. The van der Waals surface area contributed by atoms with Crippen molar-refractivity contribution in [3.8, 4) is 56.9 Å². The van der Waals surface area contributed by atoms with Crippen molar-refractivity contribution in [1.29, 1.82) is 0 Å². The van der Waals surface area contributed by atoms with Crippen LogP contribution in [0.15, 0.2) is 183 Å². The van der Waals surface area contributed by atoms with E-state index >= 15 is 0 Å². The molecule has 0 amide bonds. The van der Waals surface area contributed by atoms with Crippen molar-refractivity contribution in [3.63, 3.8) is 0 Å². The zero-order valence-corrected chi connectivity index (χ0v) is 36.1. The summed E-state index contributed by atoms with van der Waals surface area (Å²) in [7, 11) is 6.77. The van der Waals surface area contributed by atoms with Gasteiger partial charge in [0.15, 0.2) is 0 Å². The third-order valence-electron chi connectivity index (χ3n) is 12.1. The Morgan fingerprint density at radius 3 is 0.954 bits per heavy atom. The first-order chi connectivity index (χ1) is 32.0. The first-order valence-corrected chi connectivity index (χ1v) is 21.2. The molecule has 0 saturated carbocycles. The van der Waals surface area contributed by atoms with E-state index in [-0.39, 0.29) is 0 Å². The number of hydrogen-bond acceptors (Lipinski definition) is 8. The monoisotopic (exact) mass is 850 g/mol. The molecule has 0 aliphatic rings. The lowest BCUT2D eigenvalue weighted by molar-refractivity contribution is 0.415. The number of ether oxygens (including phenoxy) is 4. The fraction of sp³-hybridized carbons (Fsp3) is 0.0727. The van der Waals surface area contributed by atoms with Crippen LogP contribution in [0.4, 0.5) is 17.1 Å². The number of pyridine rings is 3. The summed E-state index contributed by atoms with van der Waals surface area (Å²) in [5.74, 6) is 4.47. The maximum atomic E-state index is 5.76. The van der Waals surface area contributed by atoms with Crippen LogP contribution in [0, 0.1) is 0 Å². The van der Waals surface area contributed by atoms with Crippen molar-refractivity contribution in [1.82, 2.24) is 24.1 Å². The molecule has 0 N–H and O–H groups in total. The Morgan fingerprint density at radius 2 is 0.646 bits per heavy atom. The van der Waals surface area contributed by atoms with E-state index in [1.54, 1.807) is 28.4 Å². The number of anilines is 3. The highest BCUT2D eigenvalue weighted by atomic mass is 16.5. The molecule has 6 aromatic carbocycles. The van der Waals surface area contributed by atoms with E-state index in [9.17, 15) is 0 Å². The van der Waals surface area contributed by atoms with E-state index in [0.717, 1.165) is 118 Å². The standard InChI is InChI=1S/C55H42N6O4/c1-62-42-13-17-50-46(31-42)47-32-43(63-2)14-18-51(47)60(50)54-29-41(30-55(58-54)61-52-19-15-44(64-3)33-48(52)49-34-45(65-4)16-20-53(49)61)59(39-9-5-35(6-10-39)37-21-25-56-26-22-37)40-11-7-36(8-12-40)38-23-27-57-28-24-38/h5-34H,1-4H3. The van der Waals surface area contributed by atoms with Crippen LogP contribution in [-0.2, 0) is 0 Å². The molecule has 65 heavy (non-hydrogen) atoms. The SMILES string of the molecule is COc1ccc2c(c1)c1cc(OC)ccc1n2-c1cc(N(c2ccc(-c3ccncc3)cc2)c2ccc(-c3ccncc3)cc2)cc(-n2c3ccc(OC)cc3c3cc(OC)ccc32)n1. The molecule has 0 fully saturated rings. The van der Waals surface area contributed by atoms with E-state index in [1.165, 1.54) is 0 Å². The van der Waals surface area contributed by atoms with Gasteiger partial charge in [-0.25, -0.2) is 4.98 Å². The highest BCUT2D eigenvalue weighted by Gasteiger charge is 2.23. The number of rotatable bonds is 11. The van der Waals surface area contributed by atoms with Gasteiger partial charge >= 0.3 is 0 Å². The molecule has 0 unspecified atom stereocenters. The predicted octanol–water partition coefficient (Wildman–Crippen LogP) is 12.9. The van der Waals surface area contributed by atoms with Crippen LogP contribution in [0.2, 0.25) is 0 Å². The second-order valence-electron chi connectivity index (χ2n) is 15.6. The molecule has 11 rings (SSSR count). The molecular formula is C55H42N6O4. The number of nitrogens with zero attached hydrogens (tertiary/aromatic N) is 6. The van der Waals surface area contributed by atoms with Crippen molar-refractivity contribution < 1.29 is 18.9 Å². The quantitative estimate of drug-likeness (QED) is 0.127. The summed E-state index contributed by atoms with van der Waals surface area (Å²) in [6.07, 6.45) is 7.28. The molecule has 11 aromatic rings. The van der Waals surface area contributed by atoms with Crippen molar-refractivity contribution in [2.45, 2.75) is 0 Å². The second-order valence-corrected chi connectivity index (χ2v) is 15.6. The third-order valence-corrected chi connectivity index (χ3v) is 12.1. The molecule has 10 nitrogen and oxygen atoms in total. The van der Waals surface area contributed by atoms with Crippen LogP contribution in [0.25, 0.3) is 77.5 Å². The summed E-state index contributed by atoms with van der Waals surface area (Å²) < 4.78 is 27.5. The Labute approximate surface area is 375 Å². The lowest BCUT2D eigenvalue weighted by Crippen LogP contribution is -2.13. The van der Waals surface area contributed by atoms with Gasteiger partial charge in [0, 0.05) is 69.8 Å². The van der Waals surface area contributed by atoms with Crippen molar-refractivity contribution in [2.24, 2.45) is 0 Å². The number of methoxy groups -OCH3 is 4. The average molecular weight is 851 g/mol. The summed E-state index contributed by atoms with van der Waals surface area (Å²) in [4.78, 5) is 16.4. The van der Waals surface area contributed by atoms with Crippen LogP contribution in [-0.4, -0.2) is 52.5 Å². The minimum atomic E-state index is 0.719. The molecule has 0 bridgehead atoms. The second kappa shape index (κ2) is 16.2. The molecule has 316 valence electrons. The molecule has 0 spiro atoms. The normalized spacial score (nSPS) is 11.4. The van der Waals surface area contributed by atoms with E-state index in [4.69, 9.17) is 23.9 Å². The molecule has 0 aliphatic carbocycles. The van der Waals surface area contributed by atoms with Gasteiger partial charge in [0.05, 0.1) is 56.2 Å². The maximum Gasteiger partial charge on any atom is 0.142 e. The van der Waals surface area contributed by atoms with Gasteiger partial charge < -0.3 is 23.8 Å². The van der Waals surface area contributed by atoms with E-state index in [2.05, 4.69) is 133 Å². The fourth-order valence-corrected chi connectivity index (χ4v) is 8.95. The van der Waals surface area contributed by atoms with Gasteiger partial charge in [-0.15, -0.1) is 0 Å². The summed E-state index contributed by atoms with van der Waals surface area (Å²) in [6, 6.07) is 54.5. The van der Waals surface area contributed by atoms with Gasteiger partial charge in [0.1, 0.15) is 34.6 Å². The zero-order chi connectivity index (χ0) is 44.0. The van der Waals surface area contributed by atoms with Crippen molar-refractivity contribution in [3.05, 3.63) is 183 Å². The van der Waals surface area contributed by atoms with Gasteiger partial charge in [-0.1, -0.05) is 24.3 Å². The van der Waals surface area contributed by atoms with Crippen molar-refractivity contribution in [2.75, 3.05) is 33.3 Å². The van der Waals surface area contributed by atoms with Crippen LogP contribution in [0.3, 0.4) is 0 Å². The lowest BCUT2D eigenvalue weighted by Gasteiger charge is -2.27. The van der Waals surface area contributed by atoms with Gasteiger partial charge in [0.2, 0.25) is 0 Å². The maximum absolute atomic E-state index is 5.76. The Hall–Kier alpha value is -8.63. The minimum Gasteiger partial charge on any atom is -0.497 e. The molecule has 5 aromatic heterocycles. The number of aromatic nitrogens is 5. The molecular weight excluding hydrogens is 809 g/mol. The van der Waals surface area contributed by atoms with Crippen molar-refractivity contribution >= 4 is 60.7 Å². The highest BCUT2D eigenvalue weighted by Crippen LogP contribution is 2.43. The van der Waals surface area contributed by atoms with Gasteiger partial charge in [-0.05, 0) is 144 Å². The van der Waals surface area contributed by atoms with E-state index in [0.29, 0.717) is 0 Å². The van der Waals surface area contributed by atoms with Gasteiger partial charge in [-0.2, -0.15) is 0 Å². The number of benzene rings is 6. The van der Waals surface area contributed by atoms with Crippen LogP contribution in [0.1, 0.15) is 0 Å². The molecule has 0 saturated heterocycles. The van der Waals surface area contributed by atoms with Crippen LogP contribution < -0.4 is 23.8 Å². The minimum absolute atomic E-state index is 0.719. The molecule has 0 aliphatic heterocycles. The highest BCUT2D eigenvalue weighted by molar-refractivity contribution is 6.11. The molecule has 10 heteroatoms. The summed E-state index contributed by atoms with van der Waals surface area (Å²) in [6.45, 7) is 0. The predicted molar refractivity (Wildman–Crippen MR) is 260 cm³/mol. The Morgan fingerprint density at radius 1 is 0.338 bits per heavy atom. The summed E-state index contributed by atoms with van der Waals surface area (Å²) in [5, 5.41) is 4.05. The number of fused-ring (bicyclic) bond motifs is 6. The molecule has 5 heterocycles. The van der Waals surface area contributed by atoms with Crippen LogP contribution >= 0.6 is 0 Å². The van der Waals surface area contributed by atoms with E-state index in [1.807, 2.05) is 73.3 Å². The Kier molecular flexibility index (Phi) is 9.81. The van der Waals surface area contributed by atoms with Crippen LogP contribution in [0.5, 0.6) is 23.0 Å². The van der Waals surface area contributed by atoms with E-state index < -0.39 is 0 Å². The number of hydrogen-bond donors (Lipinski definition) is 0. The zero-order valence-electron chi connectivity index (χ0n) is 36.1. The van der Waals surface area contributed by atoms with Gasteiger partial charge in [0.25, 0.3) is 0 Å². The smallest absolute Gasteiger partial charge is 0.142 e. The summed E-state index contributed by atoms with van der Waals surface area (Å²) in [5.41, 5.74) is 11.1. The Bertz CT molecular complexity index is 3180. The fourth-order valence-electron chi connectivity index (χ4n) is 8.95. The first kappa shape index (κ1) is 39.2. The van der Waals surface area contributed by atoms with Gasteiger partial charge in [-0.3, -0.25) is 19.1 Å². The topological polar surface area (TPSA) is 88.7 Å². The third kappa shape index (κ3) is 6.88.